The van der Waals surface area contributed by atoms with Gasteiger partial charge in [-0.1, -0.05) is 6.07 Å². The van der Waals surface area contributed by atoms with Crippen LogP contribution in [0.4, 0.5) is 0 Å². The standard InChI is InChI=1S/C19H21NO3S4/c1-19(27(2)23,18(21)20-22)11-3-5-13-7-8-16(25-13)17-10-9-15(26-17)14-6-4-12-24-14/h4,6-10,12,22H,3,5,11H2,1-2H3,(H,20,21). The van der Waals surface area contributed by atoms with Crippen LogP contribution in [0.1, 0.15) is 24.6 Å². The van der Waals surface area contributed by atoms with Crippen LogP contribution in [0.25, 0.3) is 19.5 Å². The molecule has 0 bridgehead atoms. The second-order valence-electron chi connectivity index (χ2n) is 6.39. The first kappa shape index (κ1) is 20.4. The molecule has 3 heterocycles. The van der Waals surface area contributed by atoms with Crippen molar-refractivity contribution in [2.24, 2.45) is 0 Å². The van der Waals surface area contributed by atoms with Crippen LogP contribution >= 0.6 is 34.0 Å². The fourth-order valence-corrected chi connectivity index (χ4v) is 6.49. The quantitative estimate of drug-likeness (QED) is 0.376. The van der Waals surface area contributed by atoms with Crippen LogP contribution in [0.15, 0.2) is 41.8 Å². The summed E-state index contributed by atoms with van der Waals surface area (Å²) in [4.78, 5) is 18.2. The number of hydroxylamine groups is 1. The van der Waals surface area contributed by atoms with Crippen molar-refractivity contribution in [1.29, 1.82) is 0 Å². The summed E-state index contributed by atoms with van der Waals surface area (Å²) in [6, 6.07) is 12.8. The Hall–Kier alpha value is -1.32. The first-order valence-electron chi connectivity index (χ1n) is 8.45. The minimum absolute atomic E-state index is 0.456. The SMILES string of the molecule is CS(=O)C(C)(CCCc1ccc(-c2ccc(-c3cccs3)s2)s1)C(=O)NO. The molecule has 0 saturated heterocycles. The summed E-state index contributed by atoms with van der Waals surface area (Å²) in [7, 11) is -1.36. The summed E-state index contributed by atoms with van der Waals surface area (Å²) in [5.74, 6) is -0.588. The first-order chi connectivity index (χ1) is 12.9. The van der Waals surface area contributed by atoms with E-state index in [4.69, 9.17) is 5.21 Å². The van der Waals surface area contributed by atoms with Crippen molar-refractivity contribution < 1.29 is 14.2 Å². The Morgan fingerprint density at radius 1 is 1.11 bits per heavy atom. The van der Waals surface area contributed by atoms with Gasteiger partial charge in [-0.3, -0.25) is 14.2 Å². The number of rotatable bonds is 8. The van der Waals surface area contributed by atoms with Crippen molar-refractivity contribution in [3.8, 4) is 19.5 Å². The summed E-state index contributed by atoms with van der Waals surface area (Å²) in [5.41, 5.74) is 1.65. The third-order valence-corrected chi connectivity index (χ3v) is 9.72. The average molecular weight is 440 g/mol. The number of hydrogen-bond acceptors (Lipinski definition) is 6. The van der Waals surface area contributed by atoms with Crippen LogP contribution < -0.4 is 5.48 Å². The molecule has 144 valence electrons. The molecule has 2 unspecified atom stereocenters. The van der Waals surface area contributed by atoms with Gasteiger partial charge in [0.25, 0.3) is 5.91 Å². The Morgan fingerprint density at radius 3 is 2.41 bits per heavy atom. The molecule has 3 rings (SSSR count). The first-order valence-corrected chi connectivity index (χ1v) is 12.5. The van der Waals surface area contributed by atoms with E-state index in [-0.39, 0.29) is 0 Å². The monoisotopic (exact) mass is 439 g/mol. The van der Waals surface area contributed by atoms with Gasteiger partial charge in [0.05, 0.1) is 0 Å². The molecule has 0 spiro atoms. The molecule has 3 aromatic rings. The molecule has 0 aliphatic carbocycles. The third-order valence-electron chi connectivity index (χ3n) is 4.57. The topological polar surface area (TPSA) is 66.4 Å². The van der Waals surface area contributed by atoms with Crippen molar-refractivity contribution in [2.45, 2.75) is 30.9 Å². The molecular weight excluding hydrogens is 418 g/mol. The lowest BCUT2D eigenvalue weighted by molar-refractivity contribution is -0.131. The maximum absolute atomic E-state index is 11.9. The molecule has 0 aliphatic rings. The normalized spacial score (nSPS) is 14.6. The molecule has 2 atom stereocenters. The number of hydrogen-bond donors (Lipinski definition) is 2. The van der Waals surface area contributed by atoms with Gasteiger partial charge in [-0.15, -0.1) is 34.0 Å². The molecule has 0 aliphatic heterocycles. The summed E-state index contributed by atoms with van der Waals surface area (Å²) in [6.07, 6.45) is 3.51. The van der Waals surface area contributed by atoms with E-state index in [9.17, 15) is 9.00 Å². The van der Waals surface area contributed by atoms with Crippen molar-refractivity contribution in [3.05, 3.63) is 46.7 Å². The number of nitrogens with one attached hydrogen (secondary N) is 1. The summed E-state index contributed by atoms with van der Waals surface area (Å²) in [5, 5.41) is 11.0. The lowest BCUT2D eigenvalue weighted by atomic mass is 10.0. The van der Waals surface area contributed by atoms with E-state index >= 15 is 0 Å². The van der Waals surface area contributed by atoms with Crippen LogP contribution in [0, 0.1) is 0 Å². The molecule has 2 N–H and O–H groups in total. The van der Waals surface area contributed by atoms with Crippen LogP contribution in [-0.2, 0) is 22.0 Å². The lowest BCUT2D eigenvalue weighted by Crippen LogP contribution is -2.46. The van der Waals surface area contributed by atoms with Gasteiger partial charge in [-0.2, -0.15) is 0 Å². The minimum atomic E-state index is -1.36. The van der Waals surface area contributed by atoms with Gasteiger partial charge in [-0.25, -0.2) is 5.48 Å². The minimum Gasteiger partial charge on any atom is -0.289 e. The van der Waals surface area contributed by atoms with Gasteiger partial charge in [0.2, 0.25) is 0 Å². The molecule has 4 nitrogen and oxygen atoms in total. The Balaban J connectivity index is 1.63. The number of amides is 1. The van der Waals surface area contributed by atoms with E-state index in [1.165, 1.54) is 30.6 Å². The van der Waals surface area contributed by atoms with Crippen molar-refractivity contribution in [1.82, 2.24) is 5.48 Å². The van der Waals surface area contributed by atoms with E-state index in [1.54, 1.807) is 46.4 Å². The van der Waals surface area contributed by atoms with Crippen LogP contribution in [-0.4, -0.2) is 26.3 Å². The molecule has 1 amide bonds. The zero-order valence-electron chi connectivity index (χ0n) is 15.1. The number of carbonyl (C=O) groups excluding carboxylic acids is 1. The van der Waals surface area contributed by atoms with Crippen molar-refractivity contribution in [2.75, 3.05) is 6.26 Å². The maximum Gasteiger partial charge on any atom is 0.261 e. The predicted molar refractivity (Wildman–Crippen MR) is 116 cm³/mol. The molecule has 27 heavy (non-hydrogen) atoms. The highest BCUT2D eigenvalue weighted by Crippen LogP contribution is 2.39. The van der Waals surface area contributed by atoms with Crippen molar-refractivity contribution in [3.63, 3.8) is 0 Å². The fourth-order valence-electron chi connectivity index (χ4n) is 2.77. The average Bonchev–Trinajstić information content (AvgIpc) is 3.40. The van der Waals surface area contributed by atoms with Gasteiger partial charge in [0, 0.05) is 41.4 Å². The van der Waals surface area contributed by atoms with E-state index in [1.807, 2.05) is 0 Å². The largest absolute Gasteiger partial charge is 0.289 e. The summed E-state index contributed by atoms with van der Waals surface area (Å²) in [6.45, 7) is 1.63. The van der Waals surface area contributed by atoms with E-state index in [0.717, 1.165) is 12.8 Å². The van der Waals surface area contributed by atoms with Crippen LogP contribution in [0.2, 0.25) is 0 Å². The maximum atomic E-state index is 11.9. The molecule has 8 heteroatoms. The Bertz CT molecular complexity index is 929. The Labute approximate surface area is 173 Å². The highest BCUT2D eigenvalue weighted by atomic mass is 32.2. The van der Waals surface area contributed by atoms with Crippen molar-refractivity contribution >= 4 is 50.7 Å². The zero-order chi connectivity index (χ0) is 19.4. The van der Waals surface area contributed by atoms with Crippen LogP contribution in [0.5, 0.6) is 0 Å². The number of carbonyl (C=O) groups is 1. The highest BCUT2D eigenvalue weighted by molar-refractivity contribution is 7.86. The highest BCUT2D eigenvalue weighted by Gasteiger charge is 2.36. The van der Waals surface area contributed by atoms with Gasteiger partial charge in [-0.05, 0) is 61.9 Å². The second-order valence-corrected chi connectivity index (χ2v) is 11.4. The van der Waals surface area contributed by atoms with Crippen LogP contribution in [0.3, 0.4) is 0 Å². The van der Waals surface area contributed by atoms with Gasteiger partial charge >= 0.3 is 0 Å². The third kappa shape index (κ3) is 4.57. The smallest absolute Gasteiger partial charge is 0.261 e. The lowest BCUT2D eigenvalue weighted by Gasteiger charge is -2.24. The molecule has 0 saturated carbocycles. The van der Waals surface area contributed by atoms with E-state index in [0.29, 0.717) is 6.42 Å². The molecule has 0 fully saturated rings. The Kier molecular flexibility index (Phi) is 6.65. The molecule has 0 radical (unpaired) electrons. The number of aryl methyl sites for hydroxylation is 1. The molecule has 0 aromatic carbocycles. The Morgan fingerprint density at radius 2 is 1.78 bits per heavy atom. The van der Waals surface area contributed by atoms with Gasteiger partial charge < -0.3 is 0 Å². The molecule has 3 aromatic heterocycles. The zero-order valence-corrected chi connectivity index (χ0v) is 18.3. The molecular formula is C19H21NO3S4. The predicted octanol–water partition coefficient (Wildman–Crippen LogP) is 5.17. The van der Waals surface area contributed by atoms with E-state index < -0.39 is 21.5 Å². The fraction of sp³-hybridized carbons (Fsp3) is 0.316. The van der Waals surface area contributed by atoms with Gasteiger partial charge in [0.15, 0.2) is 0 Å². The van der Waals surface area contributed by atoms with E-state index in [2.05, 4.69) is 41.8 Å². The summed E-state index contributed by atoms with van der Waals surface area (Å²) < 4.78 is 10.9. The number of thiophene rings is 3. The van der Waals surface area contributed by atoms with Gasteiger partial charge in [0.1, 0.15) is 4.75 Å². The summed E-state index contributed by atoms with van der Waals surface area (Å²) >= 11 is 5.30. The second kappa shape index (κ2) is 8.79.